The van der Waals surface area contributed by atoms with Crippen LogP contribution in [-0.2, 0) is 9.59 Å². The molecule has 23 heavy (non-hydrogen) atoms. The molecule has 2 amide bonds. The van der Waals surface area contributed by atoms with Gasteiger partial charge in [0.15, 0.2) is 0 Å². The average molecular weight is 357 g/mol. The van der Waals surface area contributed by atoms with Crippen molar-refractivity contribution in [2.75, 3.05) is 18.1 Å². The van der Waals surface area contributed by atoms with Gasteiger partial charge in [0.2, 0.25) is 12.3 Å². The van der Waals surface area contributed by atoms with E-state index >= 15 is 0 Å². The Morgan fingerprint density at radius 3 is 2.91 bits per heavy atom. The van der Waals surface area contributed by atoms with Crippen molar-refractivity contribution in [3.8, 4) is 0 Å². The number of benzene rings is 1. The molecule has 0 bridgehead atoms. The molecule has 1 heterocycles. The lowest BCUT2D eigenvalue weighted by molar-refractivity contribution is -0.120. The van der Waals surface area contributed by atoms with Crippen LogP contribution >= 0.6 is 23.2 Å². The molecule has 0 radical (unpaired) electrons. The molecular formula is C15H18Cl2N4O2. The molecule has 6 nitrogen and oxygen atoms in total. The van der Waals surface area contributed by atoms with Crippen LogP contribution in [0.2, 0.25) is 10.0 Å². The van der Waals surface area contributed by atoms with Crippen molar-refractivity contribution >= 4 is 47.0 Å². The summed E-state index contributed by atoms with van der Waals surface area (Å²) in [6, 6.07) is 5.30. The van der Waals surface area contributed by atoms with Gasteiger partial charge in [-0.3, -0.25) is 14.6 Å². The van der Waals surface area contributed by atoms with Gasteiger partial charge in [0.05, 0.1) is 22.3 Å². The molecule has 1 atom stereocenters. The second kappa shape index (κ2) is 8.17. The Morgan fingerprint density at radius 1 is 1.43 bits per heavy atom. The van der Waals surface area contributed by atoms with E-state index in [2.05, 4.69) is 15.7 Å². The molecule has 1 unspecified atom stereocenters. The lowest BCUT2D eigenvalue weighted by Gasteiger charge is -2.14. The first-order valence-corrected chi connectivity index (χ1v) is 8.05. The monoisotopic (exact) mass is 356 g/mol. The molecule has 0 saturated heterocycles. The number of hydrogen-bond acceptors (Lipinski definition) is 4. The molecule has 8 heteroatoms. The predicted octanol–water partition coefficient (Wildman–Crippen LogP) is 2.41. The zero-order valence-electron chi connectivity index (χ0n) is 12.7. The summed E-state index contributed by atoms with van der Waals surface area (Å²) in [6.07, 6.45) is 1.54. The highest BCUT2D eigenvalue weighted by Crippen LogP contribution is 2.29. The molecular weight excluding hydrogens is 339 g/mol. The first-order valence-electron chi connectivity index (χ1n) is 7.29. The highest BCUT2D eigenvalue weighted by Gasteiger charge is 2.25. The number of halogens is 2. The Labute approximate surface area is 144 Å². The molecule has 0 saturated carbocycles. The number of amidine groups is 1. The fourth-order valence-electron chi connectivity index (χ4n) is 2.19. The summed E-state index contributed by atoms with van der Waals surface area (Å²) < 4.78 is 0. The zero-order valence-corrected chi connectivity index (χ0v) is 14.2. The lowest BCUT2D eigenvalue weighted by atomic mass is 10.1. The van der Waals surface area contributed by atoms with Crippen LogP contribution in [0.1, 0.15) is 19.8 Å². The fraction of sp³-hybridized carbons (Fsp3) is 0.400. The SMILES string of the molecule is CC1CN(c2ccc(Cl)c(Cl)c2)N=C1NC(=O)CCCNC=O. The van der Waals surface area contributed by atoms with E-state index in [9.17, 15) is 9.59 Å². The maximum Gasteiger partial charge on any atom is 0.225 e. The maximum atomic E-state index is 11.9. The third kappa shape index (κ3) is 4.84. The quantitative estimate of drug-likeness (QED) is 0.607. The van der Waals surface area contributed by atoms with Gasteiger partial charge >= 0.3 is 0 Å². The highest BCUT2D eigenvalue weighted by atomic mass is 35.5. The summed E-state index contributed by atoms with van der Waals surface area (Å²) in [5.41, 5.74) is 0.825. The molecule has 1 aliphatic rings. The van der Waals surface area contributed by atoms with Crippen molar-refractivity contribution in [3.05, 3.63) is 28.2 Å². The molecule has 0 spiro atoms. The summed E-state index contributed by atoms with van der Waals surface area (Å²) in [7, 11) is 0. The van der Waals surface area contributed by atoms with Crippen LogP contribution in [0.4, 0.5) is 5.69 Å². The number of carbonyl (C=O) groups excluding carboxylic acids is 2. The van der Waals surface area contributed by atoms with Gasteiger partial charge in [-0.2, -0.15) is 5.10 Å². The summed E-state index contributed by atoms with van der Waals surface area (Å²) in [5.74, 6) is 0.616. The van der Waals surface area contributed by atoms with Gasteiger partial charge in [0.1, 0.15) is 5.84 Å². The van der Waals surface area contributed by atoms with Crippen molar-refractivity contribution in [1.29, 1.82) is 0 Å². The molecule has 1 aromatic rings. The highest BCUT2D eigenvalue weighted by molar-refractivity contribution is 6.42. The van der Waals surface area contributed by atoms with Crippen molar-refractivity contribution in [2.24, 2.45) is 11.0 Å². The average Bonchev–Trinajstić information content (AvgIpc) is 2.87. The number of anilines is 1. The minimum atomic E-state index is -0.112. The van der Waals surface area contributed by atoms with Crippen LogP contribution in [0.3, 0.4) is 0 Å². The van der Waals surface area contributed by atoms with E-state index in [1.54, 1.807) is 17.1 Å². The van der Waals surface area contributed by atoms with Crippen LogP contribution in [0.5, 0.6) is 0 Å². The first kappa shape index (κ1) is 17.6. The molecule has 2 N–H and O–H groups in total. The standard InChI is InChI=1S/C15H18Cl2N4O2/c1-10-8-21(11-4-5-12(16)13(17)7-11)20-15(10)19-14(23)3-2-6-18-9-22/h4-5,7,9-10H,2-3,6,8H2,1H3,(H,18,22)(H,19,20,23). The molecule has 0 fully saturated rings. The van der Waals surface area contributed by atoms with Crippen molar-refractivity contribution in [3.63, 3.8) is 0 Å². The summed E-state index contributed by atoms with van der Waals surface area (Å²) in [5, 5.41) is 12.5. The molecule has 1 aliphatic heterocycles. The van der Waals surface area contributed by atoms with Crippen LogP contribution in [0.25, 0.3) is 0 Å². The maximum absolute atomic E-state index is 11.9. The molecule has 2 rings (SSSR count). The topological polar surface area (TPSA) is 73.8 Å². The van der Waals surface area contributed by atoms with E-state index < -0.39 is 0 Å². The van der Waals surface area contributed by atoms with Crippen LogP contribution in [-0.4, -0.2) is 31.2 Å². The van der Waals surface area contributed by atoms with E-state index in [0.717, 1.165) is 5.69 Å². The van der Waals surface area contributed by atoms with Gasteiger partial charge in [-0.15, -0.1) is 0 Å². The van der Waals surface area contributed by atoms with Gasteiger partial charge < -0.3 is 10.6 Å². The van der Waals surface area contributed by atoms with Crippen LogP contribution < -0.4 is 15.6 Å². The number of hydrazone groups is 1. The van der Waals surface area contributed by atoms with Gasteiger partial charge in [-0.1, -0.05) is 30.1 Å². The number of nitrogens with zero attached hydrogens (tertiary/aromatic N) is 2. The Morgan fingerprint density at radius 2 is 2.22 bits per heavy atom. The third-order valence-corrected chi connectivity index (χ3v) is 4.16. The molecule has 1 aromatic carbocycles. The molecule has 124 valence electrons. The van der Waals surface area contributed by atoms with Crippen molar-refractivity contribution in [1.82, 2.24) is 10.6 Å². The van der Waals surface area contributed by atoms with E-state index in [0.29, 0.717) is 48.2 Å². The lowest BCUT2D eigenvalue weighted by Crippen LogP contribution is -2.33. The Balaban J connectivity index is 1.95. The smallest absolute Gasteiger partial charge is 0.225 e. The van der Waals surface area contributed by atoms with E-state index in [1.807, 2.05) is 13.0 Å². The second-order valence-corrected chi connectivity index (χ2v) is 6.10. The van der Waals surface area contributed by atoms with E-state index in [-0.39, 0.29) is 11.8 Å². The number of nitrogens with one attached hydrogen (secondary N) is 2. The Hall–Kier alpha value is -1.79. The minimum Gasteiger partial charge on any atom is -0.359 e. The summed E-state index contributed by atoms with van der Waals surface area (Å²) in [4.78, 5) is 22.0. The zero-order chi connectivity index (χ0) is 16.8. The Kier molecular flexibility index (Phi) is 6.24. The van der Waals surface area contributed by atoms with E-state index in [4.69, 9.17) is 23.2 Å². The van der Waals surface area contributed by atoms with Gasteiger partial charge in [-0.25, -0.2) is 0 Å². The van der Waals surface area contributed by atoms with Crippen molar-refractivity contribution in [2.45, 2.75) is 19.8 Å². The fourth-order valence-corrected chi connectivity index (χ4v) is 2.48. The van der Waals surface area contributed by atoms with Gasteiger partial charge in [0.25, 0.3) is 0 Å². The second-order valence-electron chi connectivity index (χ2n) is 5.29. The molecule has 0 aromatic heterocycles. The third-order valence-electron chi connectivity index (χ3n) is 3.42. The summed E-state index contributed by atoms with van der Waals surface area (Å²) in [6.45, 7) is 3.12. The predicted molar refractivity (Wildman–Crippen MR) is 91.9 cm³/mol. The number of hydrogen-bond donors (Lipinski definition) is 2. The number of carbonyl (C=O) groups is 2. The normalized spacial score (nSPS) is 16.9. The van der Waals surface area contributed by atoms with Gasteiger partial charge in [-0.05, 0) is 24.6 Å². The number of rotatable bonds is 6. The van der Waals surface area contributed by atoms with Gasteiger partial charge in [0, 0.05) is 18.9 Å². The van der Waals surface area contributed by atoms with Crippen LogP contribution in [0.15, 0.2) is 23.3 Å². The number of amides is 2. The molecule has 0 aliphatic carbocycles. The summed E-state index contributed by atoms with van der Waals surface area (Å²) >= 11 is 11.9. The largest absolute Gasteiger partial charge is 0.359 e. The Bertz CT molecular complexity index is 621. The van der Waals surface area contributed by atoms with Crippen LogP contribution in [0, 0.1) is 5.92 Å². The van der Waals surface area contributed by atoms with E-state index in [1.165, 1.54) is 0 Å². The van der Waals surface area contributed by atoms with Crippen molar-refractivity contribution < 1.29 is 9.59 Å². The first-order chi connectivity index (χ1) is 11.0. The minimum absolute atomic E-state index is 0.0986.